The zero-order valence-electron chi connectivity index (χ0n) is 12.5. The Bertz CT molecular complexity index is 878. The summed E-state index contributed by atoms with van der Waals surface area (Å²) in [5, 5.41) is 0. The summed E-state index contributed by atoms with van der Waals surface area (Å²) in [7, 11) is 0. The van der Waals surface area contributed by atoms with E-state index in [9.17, 15) is 0 Å². The van der Waals surface area contributed by atoms with Gasteiger partial charge in [-0.15, -0.1) is 0 Å². The number of oxazole rings is 1. The fourth-order valence-corrected chi connectivity index (χ4v) is 2.50. The van der Waals surface area contributed by atoms with Gasteiger partial charge in [0.05, 0.1) is 0 Å². The summed E-state index contributed by atoms with van der Waals surface area (Å²) >= 11 is 0. The van der Waals surface area contributed by atoms with E-state index in [-0.39, 0.29) is 0 Å². The Labute approximate surface area is 134 Å². The average Bonchev–Trinajstić information content (AvgIpc) is 3.04. The first-order valence-corrected chi connectivity index (χ1v) is 7.51. The second-order valence-electron chi connectivity index (χ2n) is 5.25. The first kappa shape index (κ1) is 13.6. The van der Waals surface area contributed by atoms with E-state index in [1.165, 1.54) is 11.1 Å². The molecule has 1 heterocycles. The van der Waals surface area contributed by atoms with Gasteiger partial charge < -0.3 is 9.15 Å². The number of para-hydroxylation sites is 2. The SMILES string of the molecule is c1ccc(-c2ccc(OCc3nc4ccccc4o3)cc2)cc1. The van der Waals surface area contributed by atoms with Crippen molar-refractivity contribution in [2.45, 2.75) is 6.61 Å². The normalized spacial score (nSPS) is 10.8. The summed E-state index contributed by atoms with van der Waals surface area (Å²) in [4.78, 5) is 4.40. The fraction of sp³-hybridized carbons (Fsp3) is 0.0500. The number of fused-ring (bicyclic) bond motifs is 1. The standard InChI is InChI=1S/C20H15NO2/c1-2-6-15(7-3-1)16-10-12-17(13-11-16)22-14-20-21-18-8-4-5-9-19(18)23-20/h1-13H,14H2. The van der Waals surface area contributed by atoms with E-state index in [1.807, 2.05) is 54.6 Å². The van der Waals surface area contributed by atoms with Crippen LogP contribution in [0.3, 0.4) is 0 Å². The molecule has 0 saturated carbocycles. The topological polar surface area (TPSA) is 35.3 Å². The smallest absolute Gasteiger partial charge is 0.233 e. The molecule has 4 aromatic rings. The van der Waals surface area contributed by atoms with Crippen LogP contribution in [0, 0.1) is 0 Å². The highest BCUT2D eigenvalue weighted by molar-refractivity contribution is 5.72. The quantitative estimate of drug-likeness (QED) is 0.527. The largest absolute Gasteiger partial charge is 0.484 e. The van der Waals surface area contributed by atoms with Crippen LogP contribution >= 0.6 is 0 Å². The third-order valence-electron chi connectivity index (χ3n) is 3.66. The first-order valence-electron chi connectivity index (χ1n) is 7.51. The summed E-state index contributed by atoms with van der Waals surface area (Å²) in [6.07, 6.45) is 0. The molecule has 0 bridgehead atoms. The van der Waals surface area contributed by atoms with Crippen molar-refractivity contribution in [3.8, 4) is 16.9 Å². The van der Waals surface area contributed by atoms with Crippen molar-refractivity contribution in [3.63, 3.8) is 0 Å². The summed E-state index contributed by atoms with van der Waals surface area (Å²) in [6.45, 7) is 0.319. The van der Waals surface area contributed by atoms with Gasteiger partial charge in [0.25, 0.3) is 0 Å². The molecule has 0 aliphatic rings. The molecule has 1 aromatic heterocycles. The Morgan fingerprint density at radius 3 is 2.22 bits per heavy atom. The van der Waals surface area contributed by atoms with E-state index in [1.54, 1.807) is 0 Å². The Kier molecular flexibility index (Phi) is 3.53. The minimum atomic E-state index is 0.319. The lowest BCUT2D eigenvalue weighted by atomic mass is 10.1. The molecule has 3 aromatic carbocycles. The lowest BCUT2D eigenvalue weighted by Gasteiger charge is -2.05. The lowest BCUT2D eigenvalue weighted by molar-refractivity contribution is 0.267. The minimum Gasteiger partial charge on any atom is -0.484 e. The third-order valence-corrected chi connectivity index (χ3v) is 3.66. The van der Waals surface area contributed by atoms with E-state index in [0.717, 1.165) is 16.8 Å². The number of aromatic nitrogens is 1. The van der Waals surface area contributed by atoms with Gasteiger partial charge in [-0.1, -0.05) is 54.6 Å². The number of rotatable bonds is 4. The summed E-state index contributed by atoms with van der Waals surface area (Å²) in [5.74, 6) is 1.38. The first-order chi connectivity index (χ1) is 11.4. The van der Waals surface area contributed by atoms with E-state index in [2.05, 4.69) is 29.2 Å². The molecule has 0 radical (unpaired) electrons. The van der Waals surface area contributed by atoms with Crippen molar-refractivity contribution in [1.29, 1.82) is 0 Å². The van der Waals surface area contributed by atoms with E-state index in [0.29, 0.717) is 12.5 Å². The third kappa shape index (κ3) is 2.94. The van der Waals surface area contributed by atoms with Crippen LogP contribution in [0.2, 0.25) is 0 Å². The molecule has 0 aliphatic heterocycles. The van der Waals surface area contributed by atoms with Crippen LogP contribution in [-0.2, 0) is 6.61 Å². The summed E-state index contributed by atoms with van der Waals surface area (Å²) in [6, 6.07) is 26.0. The zero-order valence-corrected chi connectivity index (χ0v) is 12.5. The van der Waals surface area contributed by atoms with Crippen molar-refractivity contribution in [1.82, 2.24) is 4.98 Å². The van der Waals surface area contributed by atoms with E-state index < -0.39 is 0 Å². The molecular weight excluding hydrogens is 286 g/mol. The lowest BCUT2D eigenvalue weighted by Crippen LogP contribution is -1.95. The van der Waals surface area contributed by atoms with Gasteiger partial charge in [0.1, 0.15) is 11.3 Å². The number of hydrogen-bond acceptors (Lipinski definition) is 3. The molecule has 0 spiro atoms. The van der Waals surface area contributed by atoms with Crippen LogP contribution in [0.15, 0.2) is 83.3 Å². The molecule has 0 unspecified atom stereocenters. The van der Waals surface area contributed by atoms with Crippen LogP contribution < -0.4 is 4.74 Å². The highest BCUT2D eigenvalue weighted by atomic mass is 16.5. The van der Waals surface area contributed by atoms with Crippen LogP contribution in [0.4, 0.5) is 0 Å². The predicted molar refractivity (Wildman–Crippen MR) is 90.2 cm³/mol. The van der Waals surface area contributed by atoms with Gasteiger partial charge >= 0.3 is 0 Å². The Hall–Kier alpha value is -3.07. The van der Waals surface area contributed by atoms with E-state index in [4.69, 9.17) is 9.15 Å². The molecule has 0 atom stereocenters. The monoisotopic (exact) mass is 301 g/mol. The van der Waals surface area contributed by atoms with Crippen molar-refractivity contribution >= 4 is 11.1 Å². The average molecular weight is 301 g/mol. The second kappa shape index (κ2) is 5.97. The molecule has 3 heteroatoms. The van der Waals surface area contributed by atoms with Crippen LogP contribution in [0.1, 0.15) is 5.89 Å². The van der Waals surface area contributed by atoms with Gasteiger partial charge in [-0.25, -0.2) is 4.98 Å². The van der Waals surface area contributed by atoms with Gasteiger partial charge in [-0.3, -0.25) is 0 Å². The highest BCUT2D eigenvalue weighted by Gasteiger charge is 2.06. The maximum absolute atomic E-state index is 5.76. The van der Waals surface area contributed by atoms with Gasteiger partial charge in [0, 0.05) is 0 Å². The number of ether oxygens (including phenoxy) is 1. The molecule has 0 amide bonds. The van der Waals surface area contributed by atoms with Gasteiger partial charge in [-0.2, -0.15) is 0 Å². The molecule has 23 heavy (non-hydrogen) atoms. The molecular formula is C20H15NO2. The molecule has 0 saturated heterocycles. The molecule has 0 aliphatic carbocycles. The Balaban J connectivity index is 1.47. The maximum atomic E-state index is 5.76. The van der Waals surface area contributed by atoms with Crippen molar-refractivity contribution in [2.24, 2.45) is 0 Å². The minimum absolute atomic E-state index is 0.319. The Morgan fingerprint density at radius 1 is 0.739 bits per heavy atom. The van der Waals surface area contributed by atoms with Gasteiger partial charge in [0.2, 0.25) is 5.89 Å². The second-order valence-corrected chi connectivity index (χ2v) is 5.25. The van der Waals surface area contributed by atoms with Crippen LogP contribution in [0.5, 0.6) is 5.75 Å². The molecule has 4 rings (SSSR count). The molecule has 3 nitrogen and oxygen atoms in total. The van der Waals surface area contributed by atoms with E-state index >= 15 is 0 Å². The summed E-state index contributed by atoms with van der Waals surface area (Å²) in [5.41, 5.74) is 3.99. The van der Waals surface area contributed by atoms with Crippen molar-refractivity contribution in [3.05, 3.63) is 84.8 Å². The van der Waals surface area contributed by atoms with Crippen LogP contribution in [0.25, 0.3) is 22.2 Å². The van der Waals surface area contributed by atoms with Gasteiger partial charge in [0.15, 0.2) is 12.2 Å². The Morgan fingerprint density at radius 2 is 1.43 bits per heavy atom. The van der Waals surface area contributed by atoms with Crippen molar-refractivity contribution < 1.29 is 9.15 Å². The van der Waals surface area contributed by atoms with Gasteiger partial charge in [-0.05, 0) is 35.4 Å². The molecule has 0 fully saturated rings. The molecule has 0 N–H and O–H groups in total. The summed E-state index contributed by atoms with van der Waals surface area (Å²) < 4.78 is 11.4. The van der Waals surface area contributed by atoms with Crippen molar-refractivity contribution in [2.75, 3.05) is 0 Å². The molecule has 112 valence electrons. The number of nitrogens with zero attached hydrogens (tertiary/aromatic N) is 1. The maximum Gasteiger partial charge on any atom is 0.233 e. The number of benzene rings is 3. The number of hydrogen-bond donors (Lipinski definition) is 0. The fourth-order valence-electron chi connectivity index (χ4n) is 2.50. The van der Waals surface area contributed by atoms with Crippen LogP contribution in [-0.4, -0.2) is 4.98 Å². The highest BCUT2D eigenvalue weighted by Crippen LogP contribution is 2.23. The zero-order chi connectivity index (χ0) is 15.5. The predicted octanol–water partition coefficient (Wildman–Crippen LogP) is 5.07.